The van der Waals surface area contributed by atoms with Gasteiger partial charge in [-0.1, -0.05) is 0 Å². The first-order valence-corrected chi connectivity index (χ1v) is 5.39. The summed E-state index contributed by atoms with van der Waals surface area (Å²) in [5.74, 6) is 5.47. The predicted molar refractivity (Wildman–Crippen MR) is 62.8 cm³/mol. The molecule has 0 fully saturated rings. The molecule has 0 saturated heterocycles. The largest absolute Gasteiger partial charge is 0.345 e. The summed E-state index contributed by atoms with van der Waals surface area (Å²) in [6.45, 7) is 3.32. The van der Waals surface area contributed by atoms with Gasteiger partial charge in [0.25, 0.3) is 0 Å². The van der Waals surface area contributed by atoms with E-state index in [0.29, 0.717) is 0 Å². The van der Waals surface area contributed by atoms with Crippen LogP contribution < -0.4 is 11.3 Å². The van der Waals surface area contributed by atoms with E-state index in [4.69, 9.17) is 5.84 Å². The molecule has 1 aliphatic rings. The van der Waals surface area contributed by atoms with Crippen molar-refractivity contribution in [1.29, 1.82) is 0 Å². The fourth-order valence-electron chi connectivity index (χ4n) is 2.63. The number of rotatable bonds is 1. The second-order valence-electron chi connectivity index (χ2n) is 4.26. The van der Waals surface area contributed by atoms with E-state index >= 15 is 0 Å². The quantitative estimate of drug-likeness (QED) is 0.548. The Labute approximate surface area is 88.8 Å². The number of benzene rings is 1. The maximum atomic E-state index is 5.47. The Bertz CT molecular complexity index is 525. The van der Waals surface area contributed by atoms with Crippen molar-refractivity contribution in [3.8, 4) is 0 Å². The first-order chi connectivity index (χ1) is 7.29. The third-order valence-electron chi connectivity index (χ3n) is 3.27. The number of hydrogen-bond donors (Lipinski definition) is 2. The maximum Gasteiger partial charge on any atom is 0.0516 e. The lowest BCUT2D eigenvalue weighted by molar-refractivity contribution is 0.623. The van der Waals surface area contributed by atoms with Gasteiger partial charge >= 0.3 is 0 Å². The Balaban J connectivity index is 2.39. The van der Waals surface area contributed by atoms with Gasteiger partial charge in [-0.3, -0.25) is 5.84 Å². The molecular weight excluding hydrogens is 186 g/mol. The molecule has 3 nitrogen and oxygen atoms in total. The Morgan fingerprint density at radius 2 is 2.20 bits per heavy atom. The minimum absolute atomic E-state index is 1.01. The van der Waals surface area contributed by atoms with E-state index < -0.39 is 0 Å². The lowest BCUT2D eigenvalue weighted by atomic mass is 10.0. The summed E-state index contributed by atoms with van der Waals surface area (Å²) in [5, 5.41) is 1.30. The van der Waals surface area contributed by atoms with E-state index in [1.54, 1.807) is 0 Å². The average Bonchev–Trinajstić information content (AvgIpc) is 2.58. The van der Waals surface area contributed by atoms with Crippen LogP contribution in [0.4, 0.5) is 5.69 Å². The number of nitrogens with one attached hydrogen (secondary N) is 1. The molecule has 15 heavy (non-hydrogen) atoms. The van der Waals surface area contributed by atoms with Crippen LogP contribution in [0.1, 0.15) is 17.7 Å². The molecule has 0 unspecified atom stereocenters. The van der Waals surface area contributed by atoms with Crippen LogP contribution in [0, 0.1) is 6.92 Å². The highest BCUT2D eigenvalue weighted by molar-refractivity contribution is 5.88. The van der Waals surface area contributed by atoms with Gasteiger partial charge in [0.15, 0.2) is 0 Å². The third-order valence-corrected chi connectivity index (χ3v) is 3.27. The van der Waals surface area contributed by atoms with Crippen molar-refractivity contribution >= 4 is 16.6 Å². The number of hydrogen-bond acceptors (Lipinski definition) is 2. The van der Waals surface area contributed by atoms with Gasteiger partial charge in [0, 0.05) is 23.3 Å². The highest BCUT2D eigenvalue weighted by Crippen LogP contribution is 2.31. The maximum absolute atomic E-state index is 5.47. The van der Waals surface area contributed by atoms with Crippen LogP contribution in [0.2, 0.25) is 0 Å². The molecule has 0 amide bonds. The second kappa shape index (κ2) is 3.00. The molecule has 0 bridgehead atoms. The summed E-state index contributed by atoms with van der Waals surface area (Å²) in [5.41, 5.74) is 7.91. The van der Waals surface area contributed by atoms with E-state index in [1.165, 1.54) is 28.6 Å². The average molecular weight is 201 g/mol. The van der Waals surface area contributed by atoms with E-state index in [9.17, 15) is 0 Å². The molecule has 3 heteroatoms. The number of anilines is 1. The Hall–Kier alpha value is -1.48. The molecule has 2 heterocycles. The molecule has 0 atom stereocenters. The van der Waals surface area contributed by atoms with Gasteiger partial charge in [0.2, 0.25) is 0 Å². The molecule has 1 aromatic carbocycles. The molecule has 1 aromatic heterocycles. The van der Waals surface area contributed by atoms with Crippen LogP contribution in [0.15, 0.2) is 18.2 Å². The topological polar surface area (TPSA) is 43.0 Å². The smallest absolute Gasteiger partial charge is 0.0516 e. The van der Waals surface area contributed by atoms with Gasteiger partial charge in [-0.25, -0.2) is 0 Å². The minimum Gasteiger partial charge on any atom is -0.345 e. The summed E-state index contributed by atoms with van der Waals surface area (Å²) >= 11 is 0. The van der Waals surface area contributed by atoms with Gasteiger partial charge < -0.3 is 9.99 Å². The highest BCUT2D eigenvalue weighted by Gasteiger charge is 2.15. The zero-order chi connectivity index (χ0) is 10.4. The number of aryl methyl sites for hydroxylation is 3. The third kappa shape index (κ3) is 1.16. The zero-order valence-corrected chi connectivity index (χ0v) is 8.88. The number of hydrazine groups is 1. The number of nitrogens with zero attached hydrogens (tertiary/aromatic N) is 1. The Kier molecular flexibility index (Phi) is 1.76. The van der Waals surface area contributed by atoms with Crippen LogP contribution in [-0.4, -0.2) is 4.57 Å². The van der Waals surface area contributed by atoms with E-state index in [1.807, 2.05) is 0 Å². The van der Waals surface area contributed by atoms with Gasteiger partial charge in [-0.15, -0.1) is 0 Å². The van der Waals surface area contributed by atoms with Crippen molar-refractivity contribution in [1.82, 2.24) is 4.57 Å². The molecular formula is C12H15N3. The molecule has 0 spiro atoms. The monoisotopic (exact) mass is 201 g/mol. The fourth-order valence-corrected chi connectivity index (χ4v) is 2.63. The normalized spacial score (nSPS) is 14.5. The van der Waals surface area contributed by atoms with E-state index in [2.05, 4.69) is 35.1 Å². The van der Waals surface area contributed by atoms with Gasteiger partial charge in [0.05, 0.1) is 5.52 Å². The first kappa shape index (κ1) is 8.80. The summed E-state index contributed by atoms with van der Waals surface area (Å²) < 4.78 is 2.41. The molecule has 3 rings (SSSR count). The van der Waals surface area contributed by atoms with Crippen molar-refractivity contribution in [2.75, 3.05) is 5.43 Å². The van der Waals surface area contributed by atoms with Gasteiger partial charge in [0.1, 0.15) is 0 Å². The van der Waals surface area contributed by atoms with Crippen LogP contribution in [0.3, 0.4) is 0 Å². The van der Waals surface area contributed by atoms with Crippen molar-refractivity contribution < 1.29 is 0 Å². The number of nitrogens with two attached hydrogens (primary N) is 1. The van der Waals surface area contributed by atoms with Crippen LogP contribution >= 0.6 is 0 Å². The zero-order valence-electron chi connectivity index (χ0n) is 8.88. The molecule has 0 radical (unpaired) electrons. The summed E-state index contributed by atoms with van der Waals surface area (Å²) in [7, 11) is 0. The molecule has 3 N–H and O–H groups in total. The highest BCUT2D eigenvalue weighted by atomic mass is 15.2. The van der Waals surface area contributed by atoms with Crippen LogP contribution in [-0.2, 0) is 13.0 Å². The van der Waals surface area contributed by atoms with Crippen LogP contribution in [0.5, 0.6) is 0 Å². The molecule has 2 aromatic rings. The molecule has 78 valence electrons. The van der Waals surface area contributed by atoms with Crippen molar-refractivity contribution in [2.24, 2.45) is 5.84 Å². The molecule has 0 saturated carbocycles. The van der Waals surface area contributed by atoms with E-state index in [-0.39, 0.29) is 0 Å². The fraction of sp³-hybridized carbons (Fsp3) is 0.333. The molecule has 0 aliphatic carbocycles. The second-order valence-corrected chi connectivity index (χ2v) is 4.26. The van der Waals surface area contributed by atoms with Crippen molar-refractivity contribution in [2.45, 2.75) is 26.3 Å². The van der Waals surface area contributed by atoms with Crippen molar-refractivity contribution in [3.05, 3.63) is 29.5 Å². The van der Waals surface area contributed by atoms with Gasteiger partial charge in [-0.2, -0.15) is 0 Å². The summed E-state index contributed by atoms with van der Waals surface area (Å²) in [4.78, 5) is 0. The number of nitrogen functional groups attached to an aromatic ring is 1. The molecule has 1 aliphatic heterocycles. The first-order valence-electron chi connectivity index (χ1n) is 5.39. The lowest BCUT2D eigenvalue weighted by Gasteiger charge is -2.17. The Morgan fingerprint density at radius 1 is 1.33 bits per heavy atom. The number of aromatic nitrogens is 1. The standard InChI is InChI=1S/C12H15N3/c1-8-5-10-7-11(14-13)6-9-3-2-4-15(8)12(9)10/h5-7,14H,2-4,13H2,1H3. The van der Waals surface area contributed by atoms with Crippen LogP contribution in [0.25, 0.3) is 10.9 Å². The van der Waals surface area contributed by atoms with Gasteiger partial charge in [-0.05, 0) is 43.5 Å². The van der Waals surface area contributed by atoms with E-state index in [0.717, 1.165) is 18.7 Å². The SMILES string of the molecule is Cc1cc2cc(NN)cc3c2n1CCC3. The van der Waals surface area contributed by atoms with Crippen molar-refractivity contribution in [3.63, 3.8) is 0 Å². The summed E-state index contributed by atoms with van der Waals surface area (Å²) in [6, 6.07) is 6.52. The predicted octanol–water partition coefficient (Wildman–Crippen LogP) is 2.18. The summed E-state index contributed by atoms with van der Waals surface area (Å²) in [6.07, 6.45) is 2.39. The Morgan fingerprint density at radius 3 is 3.00 bits per heavy atom. The minimum atomic E-state index is 1.01. The lowest BCUT2D eigenvalue weighted by Crippen LogP contribution is -2.11.